The number of halogens is 1. The van der Waals surface area contributed by atoms with Crippen LogP contribution in [0.15, 0.2) is 11.9 Å². The van der Waals surface area contributed by atoms with Crippen molar-refractivity contribution in [1.82, 2.24) is 10.6 Å². The van der Waals surface area contributed by atoms with E-state index in [-0.39, 0.29) is 64.1 Å². The lowest BCUT2D eigenvalue weighted by atomic mass is 9.92. The van der Waals surface area contributed by atoms with Gasteiger partial charge in [-0.05, 0) is 0 Å². The van der Waals surface area contributed by atoms with Crippen molar-refractivity contribution in [2.45, 2.75) is 0 Å². The third-order valence-electron chi connectivity index (χ3n) is 4.20. The Hall–Kier alpha value is -2.27. The predicted molar refractivity (Wildman–Crippen MR) is 141 cm³/mol. The lowest BCUT2D eigenvalue weighted by Gasteiger charge is -2.32. The van der Waals surface area contributed by atoms with Gasteiger partial charge < -0.3 is 44.8 Å². The summed E-state index contributed by atoms with van der Waals surface area (Å²) in [6.45, 7) is 4.36. The number of terminal acetylenes is 3. The molecular weight excluding hydrogens is 534 g/mol. The first kappa shape index (κ1) is 33.7. The van der Waals surface area contributed by atoms with Gasteiger partial charge in [0.05, 0.1) is 75.9 Å². The van der Waals surface area contributed by atoms with E-state index in [4.69, 9.17) is 53.4 Å². The molecule has 0 saturated heterocycles. The first-order chi connectivity index (χ1) is 17.5. The number of hydrogen-bond donors (Lipinski definition) is 3. The minimum atomic E-state index is -0.659. The highest BCUT2D eigenvalue weighted by Crippen LogP contribution is 2.21. The van der Waals surface area contributed by atoms with Crippen LogP contribution in [0.1, 0.15) is 0 Å². The molecule has 0 rings (SSSR count). The molecule has 0 aromatic rings. The first-order valence-corrected chi connectivity index (χ1v) is 12.4. The predicted octanol–water partition coefficient (Wildman–Crippen LogP) is -0.127. The van der Waals surface area contributed by atoms with Crippen LogP contribution in [0.5, 0.6) is 0 Å². The van der Waals surface area contributed by atoms with E-state index in [0.717, 1.165) is 0 Å². The highest BCUT2D eigenvalue weighted by atomic mass is 79.9. The molecule has 11 heteroatoms. The van der Waals surface area contributed by atoms with Crippen molar-refractivity contribution in [3.8, 4) is 37.0 Å². The van der Waals surface area contributed by atoms with Crippen molar-refractivity contribution in [3.05, 3.63) is 11.9 Å². The Morgan fingerprint density at radius 1 is 0.806 bits per heavy atom. The van der Waals surface area contributed by atoms with Crippen molar-refractivity contribution < 1.29 is 33.2 Å². The molecule has 10 nitrogen and oxygen atoms in total. The van der Waals surface area contributed by atoms with E-state index in [2.05, 4.69) is 44.3 Å². The largest absolute Gasteiger partial charge is 0.399 e. The first-order valence-electron chi connectivity index (χ1n) is 11.3. The molecular formula is C25H38BrN3O7. The van der Waals surface area contributed by atoms with E-state index in [0.29, 0.717) is 45.2 Å². The quantitative estimate of drug-likeness (QED) is 0.0825. The van der Waals surface area contributed by atoms with E-state index in [1.165, 1.54) is 0 Å². The van der Waals surface area contributed by atoms with Crippen molar-refractivity contribution in [1.29, 1.82) is 0 Å². The normalized spacial score (nSPS) is 11.3. The molecule has 0 aromatic carbocycles. The fourth-order valence-electron chi connectivity index (χ4n) is 2.62. The zero-order chi connectivity index (χ0) is 26.7. The Kier molecular flexibility index (Phi) is 22.9. The second-order valence-corrected chi connectivity index (χ2v) is 8.03. The molecule has 0 radical (unpaired) electrons. The van der Waals surface area contributed by atoms with E-state index in [1.54, 1.807) is 6.20 Å². The van der Waals surface area contributed by atoms with Crippen LogP contribution in [-0.4, -0.2) is 104 Å². The van der Waals surface area contributed by atoms with Gasteiger partial charge in [-0.1, -0.05) is 33.7 Å². The maximum absolute atomic E-state index is 11.0. The minimum Gasteiger partial charge on any atom is -0.399 e. The van der Waals surface area contributed by atoms with Crippen LogP contribution in [0, 0.1) is 42.4 Å². The zero-order valence-corrected chi connectivity index (χ0v) is 22.3. The Morgan fingerprint density at radius 3 is 1.81 bits per heavy atom. The number of alkyl halides is 1. The molecule has 0 aliphatic rings. The average molecular weight is 572 g/mol. The summed E-state index contributed by atoms with van der Waals surface area (Å²) in [6, 6.07) is 0. The molecule has 0 unspecified atom stereocenters. The van der Waals surface area contributed by atoms with Crippen molar-refractivity contribution >= 4 is 21.8 Å². The molecule has 0 aliphatic carbocycles. The van der Waals surface area contributed by atoms with Crippen molar-refractivity contribution in [3.63, 3.8) is 0 Å². The Labute approximate surface area is 223 Å². The number of nitrogens with two attached hydrogens (primary N) is 1. The molecule has 0 bridgehead atoms. The molecule has 36 heavy (non-hydrogen) atoms. The molecule has 0 heterocycles. The third kappa shape index (κ3) is 20.0. The fraction of sp³-hybridized carbons (Fsp3) is 0.640. The molecule has 0 aromatic heterocycles. The van der Waals surface area contributed by atoms with E-state index in [1.807, 2.05) is 0 Å². The van der Waals surface area contributed by atoms with E-state index >= 15 is 0 Å². The molecule has 0 saturated carbocycles. The van der Waals surface area contributed by atoms with Crippen LogP contribution >= 0.6 is 15.9 Å². The SMILES string of the molecule is C#CCOCC(COCC#C)(COCC#C)COC/C(N)=C/NCCOCCOCCNC(=O)CBr. The van der Waals surface area contributed by atoms with Gasteiger partial charge >= 0.3 is 0 Å². The van der Waals surface area contributed by atoms with Crippen LogP contribution in [0.3, 0.4) is 0 Å². The molecule has 202 valence electrons. The van der Waals surface area contributed by atoms with Gasteiger partial charge in [-0.25, -0.2) is 0 Å². The summed E-state index contributed by atoms with van der Waals surface area (Å²) in [5.41, 5.74) is 5.85. The zero-order valence-electron chi connectivity index (χ0n) is 20.7. The number of carbonyl (C=O) groups is 1. The van der Waals surface area contributed by atoms with Crippen LogP contribution < -0.4 is 16.4 Å². The standard InChI is InChI=1S/C25H38BrN3O7/c1-4-9-33-19-25(20-34-10-5-2,21-35-11-6-3)22-36-18-23(27)17-28-7-12-31-14-15-32-13-8-29-24(30)16-26/h1-3,17,28H,7-16,18-22,27H2,(H,29,30)/b23-17-. The molecule has 4 N–H and O–H groups in total. The lowest BCUT2D eigenvalue weighted by molar-refractivity contribution is -0.118. The van der Waals surface area contributed by atoms with Crippen molar-refractivity contribution in [2.75, 3.05) is 97.7 Å². The van der Waals surface area contributed by atoms with Crippen LogP contribution in [-0.2, 0) is 33.2 Å². The number of carbonyl (C=O) groups excluding carboxylic acids is 1. The number of nitrogens with one attached hydrogen (secondary N) is 2. The summed E-state index contributed by atoms with van der Waals surface area (Å²) in [4.78, 5) is 11.0. The second-order valence-electron chi connectivity index (χ2n) is 7.47. The van der Waals surface area contributed by atoms with Gasteiger partial charge in [-0.15, -0.1) is 19.3 Å². The topological polar surface area (TPSA) is 123 Å². The number of amides is 1. The van der Waals surface area contributed by atoms with Crippen LogP contribution in [0.4, 0.5) is 0 Å². The van der Waals surface area contributed by atoms with Gasteiger partial charge in [0.1, 0.15) is 19.8 Å². The molecule has 1 amide bonds. The summed E-state index contributed by atoms with van der Waals surface area (Å²) in [5.74, 6) is 7.21. The van der Waals surface area contributed by atoms with Crippen molar-refractivity contribution in [2.24, 2.45) is 11.1 Å². The smallest absolute Gasteiger partial charge is 0.230 e. The van der Waals surface area contributed by atoms with Crippen LogP contribution in [0.25, 0.3) is 0 Å². The molecule has 0 fully saturated rings. The second kappa shape index (κ2) is 24.4. The van der Waals surface area contributed by atoms with E-state index < -0.39 is 5.41 Å². The Morgan fingerprint density at radius 2 is 1.31 bits per heavy atom. The van der Waals surface area contributed by atoms with Gasteiger partial charge in [0.2, 0.25) is 5.91 Å². The molecule has 0 atom stereocenters. The van der Waals surface area contributed by atoms with Gasteiger partial charge in [-0.2, -0.15) is 0 Å². The summed E-state index contributed by atoms with van der Waals surface area (Å²) in [5, 5.41) is 6.03. The molecule has 0 spiro atoms. The van der Waals surface area contributed by atoms with Gasteiger partial charge in [0.25, 0.3) is 0 Å². The fourth-order valence-corrected chi connectivity index (χ4v) is 2.82. The average Bonchev–Trinajstić information content (AvgIpc) is 2.87. The van der Waals surface area contributed by atoms with Gasteiger partial charge in [0, 0.05) is 19.3 Å². The highest BCUT2D eigenvalue weighted by Gasteiger charge is 2.32. The number of ether oxygens (including phenoxy) is 6. The van der Waals surface area contributed by atoms with Gasteiger partial charge in [0.15, 0.2) is 0 Å². The van der Waals surface area contributed by atoms with Crippen LogP contribution in [0.2, 0.25) is 0 Å². The maximum Gasteiger partial charge on any atom is 0.230 e. The summed E-state index contributed by atoms with van der Waals surface area (Å²) >= 11 is 3.07. The molecule has 0 aliphatic heterocycles. The summed E-state index contributed by atoms with van der Waals surface area (Å²) in [7, 11) is 0. The maximum atomic E-state index is 11.0. The number of hydrogen-bond acceptors (Lipinski definition) is 9. The monoisotopic (exact) mass is 571 g/mol. The van der Waals surface area contributed by atoms with E-state index in [9.17, 15) is 4.79 Å². The Balaban J connectivity index is 4.27. The van der Waals surface area contributed by atoms with Gasteiger partial charge in [-0.3, -0.25) is 4.79 Å². The third-order valence-corrected chi connectivity index (χ3v) is 4.71. The minimum absolute atomic E-state index is 0.0739. The Bertz CT molecular complexity index is 678. The lowest BCUT2D eigenvalue weighted by Crippen LogP contribution is -2.42. The summed E-state index contributed by atoms with van der Waals surface area (Å²) < 4.78 is 33.3. The highest BCUT2D eigenvalue weighted by molar-refractivity contribution is 9.09. The number of rotatable bonds is 24. The summed E-state index contributed by atoms with van der Waals surface area (Å²) in [6.07, 6.45) is 17.5.